The molecule has 0 aromatic carbocycles. The van der Waals surface area contributed by atoms with Gasteiger partial charge in [-0.3, -0.25) is 19.0 Å². The highest BCUT2D eigenvalue weighted by Gasteiger charge is 2.26. The number of nitrogens with zero attached hydrogens (tertiary/aromatic N) is 3. The third-order valence-corrected chi connectivity index (χ3v) is 4.88. The Labute approximate surface area is 130 Å². The number of carbonyl (C=O) groups excluding carboxylic acids is 2. The predicted octanol–water partition coefficient (Wildman–Crippen LogP) is 0.182. The number of primary amides is 1. The molecule has 8 heteroatoms. The number of hydrogen-bond acceptors (Lipinski definition) is 5. The third-order valence-electron chi connectivity index (χ3n) is 3.99. The van der Waals surface area contributed by atoms with Gasteiger partial charge in [0.05, 0.1) is 11.8 Å². The van der Waals surface area contributed by atoms with Crippen LogP contribution in [0.2, 0.25) is 0 Å². The Bertz CT molecular complexity index is 774. The lowest BCUT2D eigenvalue weighted by molar-refractivity contribution is -0.135. The highest BCUT2D eigenvalue weighted by Crippen LogP contribution is 2.17. The molecule has 1 aliphatic rings. The number of thiophene rings is 1. The van der Waals surface area contributed by atoms with Crippen LogP contribution in [0.4, 0.5) is 0 Å². The molecule has 1 saturated heterocycles. The van der Waals surface area contributed by atoms with E-state index < -0.39 is 0 Å². The molecule has 2 aromatic rings. The minimum absolute atomic E-state index is 0.0269. The fourth-order valence-electron chi connectivity index (χ4n) is 2.65. The molecule has 7 nitrogen and oxygen atoms in total. The zero-order valence-electron chi connectivity index (χ0n) is 11.9. The second-order valence-corrected chi connectivity index (χ2v) is 6.29. The van der Waals surface area contributed by atoms with Crippen molar-refractivity contribution in [2.75, 3.05) is 13.1 Å². The first-order valence-corrected chi connectivity index (χ1v) is 7.94. The molecular weight excluding hydrogens is 304 g/mol. The molecule has 0 atom stereocenters. The first kappa shape index (κ1) is 14.7. The Hall–Kier alpha value is -2.22. The lowest BCUT2D eigenvalue weighted by atomic mass is 9.96. The average Bonchev–Trinajstić information content (AvgIpc) is 2.99. The molecule has 2 amide bonds. The smallest absolute Gasteiger partial charge is 0.271 e. The average molecular weight is 320 g/mol. The third kappa shape index (κ3) is 2.74. The van der Waals surface area contributed by atoms with E-state index in [1.54, 1.807) is 16.3 Å². The van der Waals surface area contributed by atoms with Crippen LogP contribution < -0.4 is 11.3 Å². The number of amides is 2. The number of carbonyl (C=O) groups is 2. The number of hydrogen-bond donors (Lipinski definition) is 1. The van der Waals surface area contributed by atoms with Crippen LogP contribution in [0.25, 0.3) is 10.2 Å². The van der Waals surface area contributed by atoms with Gasteiger partial charge < -0.3 is 10.6 Å². The first-order chi connectivity index (χ1) is 10.6. The van der Waals surface area contributed by atoms with Gasteiger partial charge in [-0.2, -0.15) is 0 Å². The monoisotopic (exact) mass is 320 g/mol. The summed E-state index contributed by atoms with van der Waals surface area (Å²) in [5.41, 5.74) is 5.74. The van der Waals surface area contributed by atoms with Crippen LogP contribution in [0, 0.1) is 5.92 Å². The normalized spacial score (nSPS) is 16.1. The molecule has 0 radical (unpaired) electrons. The molecule has 116 valence electrons. The Balaban J connectivity index is 1.70. The molecule has 2 aromatic heterocycles. The lowest BCUT2D eigenvalue weighted by Gasteiger charge is -2.30. The summed E-state index contributed by atoms with van der Waals surface area (Å²) >= 11 is 1.32. The summed E-state index contributed by atoms with van der Waals surface area (Å²) in [4.78, 5) is 41.5. The predicted molar refractivity (Wildman–Crippen MR) is 82.4 cm³/mol. The number of rotatable bonds is 3. The van der Waals surface area contributed by atoms with Gasteiger partial charge in [0.25, 0.3) is 5.56 Å². The Kier molecular flexibility index (Phi) is 3.93. The number of aromatic nitrogens is 2. The largest absolute Gasteiger partial charge is 0.369 e. The van der Waals surface area contributed by atoms with Gasteiger partial charge in [-0.15, -0.1) is 11.3 Å². The molecule has 1 fully saturated rings. The molecule has 0 saturated carbocycles. The van der Waals surface area contributed by atoms with Crippen LogP contribution in [0.3, 0.4) is 0 Å². The molecule has 1 aliphatic heterocycles. The minimum Gasteiger partial charge on any atom is -0.369 e. The maximum atomic E-state index is 12.3. The number of nitrogens with two attached hydrogens (primary N) is 1. The van der Waals surface area contributed by atoms with Crippen molar-refractivity contribution >= 4 is 33.4 Å². The van der Waals surface area contributed by atoms with Crippen LogP contribution >= 0.6 is 11.3 Å². The van der Waals surface area contributed by atoms with Crippen molar-refractivity contribution in [3.05, 3.63) is 28.1 Å². The van der Waals surface area contributed by atoms with Gasteiger partial charge in [0.2, 0.25) is 11.8 Å². The van der Waals surface area contributed by atoms with E-state index in [9.17, 15) is 14.4 Å². The summed E-state index contributed by atoms with van der Waals surface area (Å²) in [6, 6.07) is 1.78. The Morgan fingerprint density at radius 1 is 1.36 bits per heavy atom. The topological polar surface area (TPSA) is 98.3 Å². The first-order valence-electron chi connectivity index (χ1n) is 7.06. The van der Waals surface area contributed by atoms with E-state index >= 15 is 0 Å². The second kappa shape index (κ2) is 5.88. The van der Waals surface area contributed by atoms with Gasteiger partial charge in [-0.1, -0.05) is 0 Å². The van der Waals surface area contributed by atoms with Gasteiger partial charge in [-0.05, 0) is 24.3 Å². The van der Waals surface area contributed by atoms with Gasteiger partial charge in [0.1, 0.15) is 11.2 Å². The SMILES string of the molecule is NC(=O)C1CCN(C(=O)Cn2cnc3ccsc3c2=O)CC1. The maximum Gasteiger partial charge on any atom is 0.271 e. The van der Waals surface area contributed by atoms with E-state index in [-0.39, 0.29) is 29.8 Å². The molecule has 0 spiro atoms. The minimum atomic E-state index is -0.310. The summed E-state index contributed by atoms with van der Waals surface area (Å²) < 4.78 is 1.89. The van der Waals surface area contributed by atoms with Crippen molar-refractivity contribution in [2.45, 2.75) is 19.4 Å². The molecule has 3 heterocycles. The zero-order chi connectivity index (χ0) is 15.7. The van der Waals surface area contributed by atoms with Crippen LogP contribution in [0.5, 0.6) is 0 Å². The molecule has 0 bridgehead atoms. The van der Waals surface area contributed by atoms with Crippen molar-refractivity contribution in [2.24, 2.45) is 11.7 Å². The Morgan fingerprint density at radius 2 is 2.09 bits per heavy atom. The standard InChI is InChI=1S/C14H16N4O3S/c15-13(20)9-1-4-17(5-2-9)11(19)7-18-8-16-10-3-6-22-12(10)14(18)21/h3,6,8-9H,1-2,4-5,7H2,(H2,15,20). The lowest BCUT2D eigenvalue weighted by Crippen LogP contribution is -2.43. The van der Waals surface area contributed by atoms with Crippen molar-refractivity contribution in [1.29, 1.82) is 0 Å². The summed E-state index contributed by atoms with van der Waals surface area (Å²) in [6.45, 7) is 0.965. The van der Waals surface area contributed by atoms with Gasteiger partial charge in [0.15, 0.2) is 0 Å². The number of likely N-dealkylation sites (tertiary alicyclic amines) is 1. The van der Waals surface area contributed by atoms with Crippen molar-refractivity contribution in [3.8, 4) is 0 Å². The van der Waals surface area contributed by atoms with Gasteiger partial charge in [0, 0.05) is 19.0 Å². The molecule has 0 unspecified atom stereocenters. The van der Waals surface area contributed by atoms with E-state index in [4.69, 9.17) is 5.73 Å². The summed E-state index contributed by atoms with van der Waals surface area (Å²) in [7, 11) is 0. The maximum absolute atomic E-state index is 12.3. The second-order valence-electron chi connectivity index (χ2n) is 5.37. The van der Waals surface area contributed by atoms with E-state index in [0.717, 1.165) is 0 Å². The summed E-state index contributed by atoms with van der Waals surface area (Å²) in [6.07, 6.45) is 2.57. The molecule has 22 heavy (non-hydrogen) atoms. The summed E-state index contributed by atoms with van der Waals surface area (Å²) in [5.74, 6) is -0.602. The fraction of sp³-hybridized carbons (Fsp3) is 0.429. The van der Waals surface area contributed by atoms with Crippen LogP contribution in [0.1, 0.15) is 12.8 Å². The zero-order valence-corrected chi connectivity index (χ0v) is 12.7. The number of piperidine rings is 1. The van der Waals surface area contributed by atoms with E-state index in [1.165, 1.54) is 22.2 Å². The van der Waals surface area contributed by atoms with E-state index in [1.807, 2.05) is 0 Å². The van der Waals surface area contributed by atoms with Gasteiger partial charge in [-0.25, -0.2) is 4.98 Å². The summed E-state index contributed by atoms with van der Waals surface area (Å²) in [5, 5.41) is 1.81. The highest BCUT2D eigenvalue weighted by atomic mass is 32.1. The highest BCUT2D eigenvalue weighted by molar-refractivity contribution is 7.17. The van der Waals surface area contributed by atoms with Crippen LogP contribution in [-0.2, 0) is 16.1 Å². The number of fused-ring (bicyclic) bond motifs is 1. The van der Waals surface area contributed by atoms with Crippen molar-refractivity contribution in [3.63, 3.8) is 0 Å². The van der Waals surface area contributed by atoms with Gasteiger partial charge >= 0.3 is 0 Å². The van der Waals surface area contributed by atoms with Crippen LogP contribution in [-0.4, -0.2) is 39.4 Å². The molecular formula is C14H16N4O3S. The van der Waals surface area contributed by atoms with Crippen LogP contribution in [0.15, 0.2) is 22.6 Å². The van der Waals surface area contributed by atoms with E-state index in [2.05, 4.69) is 4.98 Å². The van der Waals surface area contributed by atoms with Crippen molar-refractivity contribution < 1.29 is 9.59 Å². The van der Waals surface area contributed by atoms with Crippen molar-refractivity contribution in [1.82, 2.24) is 14.5 Å². The van der Waals surface area contributed by atoms with E-state index in [0.29, 0.717) is 36.1 Å². The fourth-order valence-corrected chi connectivity index (χ4v) is 3.44. The molecule has 2 N–H and O–H groups in total. The quantitative estimate of drug-likeness (QED) is 0.872. The Morgan fingerprint density at radius 3 is 2.77 bits per heavy atom. The molecule has 3 rings (SSSR count). The molecule has 0 aliphatic carbocycles.